The number of hydrogen-bond acceptors (Lipinski definition) is 5. The Hall–Kier alpha value is -2.02. The largest absolute Gasteiger partial charge is 0.383 e. The lowest BCUT2D eigenvalue weighted by atomic mass is 9.93. The molecule has 2 aromatic heterocycles. The van der Waals surface area contributed by atoms with Crippen molar-refractivity contribution in [1.29, 1.82) is 0 Å². The van der Waals surface area contributed by atoms with Crippen LogP contribution in [0.1, 0.15) is 34.0 Å². The van der Waals surface area contributed by atoms with Gasteiger partial charge < -0.3 is 10.1 Å². The highest BCUT2D eigenvalue weighted by Crippen LogP contribution is 2.35. The Balaban J connectivity index is 1.44. The minimum absolute atomic E-state index is 0.145. The zero-order valence-corrected chi connectivity index (χ0v) is 16.9. The second-order valence-corrected chi connectivity index (χ2v) is 8.94. The first-order valence-electron chi connectivity index (χ1n) is 10.0. The maximum absolute atomic E-state index is 13.4. The lowest BCUT2D eigenvalue weighted by Crippen LogP contribution is -2.36. The Morgan fingerprint density at radius 3 is 2.79 bits per heavy atom. The van der Waals surface area contributed by atoms with Gasteiger partial charge in [-0.05, 0) is 48.8 Å². The summed E-state index contributed by atoms with van der Waals surface area (Å²) in [6.45, 7) is 1.60. The molecule has 2 heterocycles. The van der Waals surface area contributed by atoms with Gasteiger partial charge in [-0.25, -0.2) is 4.98 Å². The van der Waals surface area contributed by atoms with Crippen molar-refractivity contribution in [3.8, 4) is 0 Å². The molecule has 2 aliphatic rings. The predicted octanol–water partition coefficient (Wildman–Crippen LogP) is 2.89. The number of thiophene rings is 1. The summed E-state index contributed by atoms with van der Waals surface area (Å²) in [6, 6.07) is 9.16. The Morgan fingerprint density at radius 1 is 1.25 bits per heavy atom. The van der Waals surface area contributed by atoms with E-state index in [1.807, 2.05) is 4.57 Å². The molecule has 1 N–H and O–H groups in total. The maximum atomic E-state index is 13.4. The van der Waals surface area contributed by atoms with Crippen molar-refractivity contribution in [1.82, 2.24) is 14.9 Å². The fourth-order valence-corrected chi connectivity index (χ4v) is 5.97. The van der Waals surface area contributed by atoms with Gasteiger partial charge in [0, 0.05) is 30.6 Å². The number of hydrogen-bond donors (Lipinski definition) is 1. The maximum Gasteiger partial charge on any atom is 0.262 e. The first-order chi connectivity index (χ1) is 13.7. The molecule has 146 valence electrons. The van der Waals surface area contributed by atoms with Crippen molar-refractivity contribution in [3.63, 3.8) is 0 Å². The van der Waals surface area contributed by atoms with Gasteiger partial charge in [0.05, 0.1) is 18.3 Å². The minimum Gasteiger partial charge on any atom is -0.383 e. The molecule has 28 heavy (non-hydrogen) atoms. The van der Waals surface area contributed by atoms with Crippen molar-refractivity contribution in [2.24, 2.45) is 0 Å². The average molecular weight is 396 g/mol. The van der Waals surface area contributed by atoms with Crippen LogP contribution in [0.2, 0.25) is 0 Å². The molecule has 0 aliphatic heterocycles. The lowest BCUT2D eigenvalue weighted by molar-refractivity contribution is 0.194. The van der Waals surface area contributed by atoms with E-state index >= 15 is 0 Å². The highest BCUT2D eigenvalue weighted by molar-refractivity contribution is 7.18. The molecule has 5 nitrogen and oxygen atoms in total. The number of ether oxygens (including phenoxy) is 1. The summed E-state index contributed by atoms with van der Waals surface area (Å²) >= 11 is 1.70. The summed E-state index contributed by atoms with van der Waals surface area (Å²) < 4.78 is 7.02. The van der Waals surface area contributed by atoms with Crippen LogP contribution in [0.15, 0.2) is 35.4 Å². The van der Waals surface area contributed by atoms with E-state index in [1.54, 1.807) is 24.8 Å². The van der Waals surface area contributed by atoms with Crippen LogP contribution in [-0.2, 0) is 30.4 Å². The first kappa shape index (κ1) is 18.0. The van der Waals surface area contributed by atoms with E-state index < -0.39 is 0 Å². The zero-order valence-electron chi connectivity index (χ0n) is 16.1. The van der Waals surface area contributed by atoms with E-state index in [0.29, 0.717) is 6.04 Å². The number of fused-ring (bicyclic) bond motifs is 4. The van der Waals surface area contributed by atoms with Crippen LogP contribution in [-0.4, -0.2) is 35.9 Å². The third-order valence-corrected chi connectivity index (χ3v) is 7.32. The molecule has 0 fully saturated rings. The van der Waals surface area contributed by atoms with Crippen LogP contribution in [0.4, 0.5) is 0 Å². The predicted molar refractivity (Wildman–Crippen MR) is 112 cm³/mol. The third kappa shape index (κ3) is 3.09. The molecule has 0 saturated carbocycles. The lowest BCUT2D eigenvalue weighted by Gasteiger charge is -2.23. The van der Waals surface area contributed by atoms with Gasteiger partial charge >= 0.3 is 0 Å². The molecule has 1 atom stereocenters. The highest BCUT2D eigenvalue weighted by atomic mass is 32.1. The SMILES string of the molecule is COCCNC1CCc2c(sc3ncn(C4Cc5ccccc5C4)c(=O)c23)C1. The Kier molecular flexibility index (Phi) is 4.78. The van der Waals surface area contributed by atoms with Crippen LogP contribution in [0.5, 0.6) is 0 Å². The number of methoxy groups -OCH3 is 1. The van der Waals surface area contributed by atoms with Gasteiger partial charge in [-0.15, -0.1) is 11.3 Å². The van der Waals surface area contributed by atoms with E-state index in [9.17, 15) is 4.79 Å². The third-order valence-electron chi connectivity index (χ3n) is 6.16. The second-order valence-electron chi connectivity index (χ2n) is 7.86. The number of benzene rings is 1. The standard InChI is InChI=1S/C22H25N3O2S/c1-27-9-8-23-16-6-7-18-19(12-16)28-21-20(18)22(26)25(13-24-21)17-10-14-4-2-3-5-15(14)11-17/h2-5,13,16-17,23H,6-12H2,1H3. The molecule has 3 aromatic rings. The number of rotatable bonds is 5. The van der Waals surface area contributed by atoms with Crippen molar-refractivity contribution in [2.75, 3.05) is 20.3 Å². The van der Waals surface area contributed by atoms with E-state index in [0.717, 1.165) is 55.5 Å². The smallest absolute Gasteiger partial charge is 0.262 e. The summed E-state index contributed by atoms with van der Waals surface area (Å²) in [4.78, 5) is 20.3. The van der Waals surface area contributed by atoms with Crippen molar-refractivity contribution in [2.45, 2.75) is 44.2 Å². The van der Waals surface area contributed by atoms with Gasteiger partial charge in [0.25, 0.3) is 5.56 Å². The minimum atomic E-state index is 0.145. The van der Waals surface area contributed by atoms with Crippen LogP contribution in [0.3, 0.4) is 0 Å². The average Bonchev–Trinajstić information content (AvgIpc) is 3.29. The molecule has 0 radical (unpaired) electrons. The molecule has 5 rings (SSSR count). The molecule has 1 unspecified atom stereocenters. The topological polar surface area (TPSA) is 56.1 Å². The second kappa shape index (κ2) is 7.43. The monoisotopic (exact) mass is 395 g/mol. The number of aromatic nitrogens is 2. The summed E-state index contributed by atoms with van der Waals surface area (Å²) in [6.07, 6.45) is 6.60. The number of aryl methyl sites for hydroxylation is 1. The summed E-state index contributed by atoms with van der Waals surface area (Å²) in [5, 5.41) is 4.44. The van der Waals surface area contributed by atoms with Crippen LogP contribution >= 0.6 is 11.3 Å². The van der Waals surface area contributed by atoms with Gasteiger partial charge in [0.15, 0.2) is 0 Å². The van der Waals surface area contributed by atoms with Crippen LogP contribution < -0.4 is 10.9 Å². The zero-order chi connectivity index (χ0) is 19.1. The van der Waals surface area contributed by atoms with E-state index in [-0.39, 0.29) is 11.6 Å². The first-order valence-corrected chi connectivity index (χ1v) is 10.9. The number of nitrogens with one attached hydrogen (secondary N) is 1. The Labute approximate surface area is 168 Å². The Morgan fingerprint density at radius 2 is 2.04 bits per heavy atom. The molecule has 0 saturated heterocycles. The molecule has 6 heteroatoms. The molecule has 0 spiro atoms. The van der Waals surface area contributed by atoms with Gasteiger partial charge in [-0.1, -0.05) is 24.3 Å². The highest BCUT2D eigenvalue weighted by Gasteiger charge is 2.28. The van der Waals surface area contributed by atoms with Gasteiger partial charge in [-0.3, -0.25) is 9.36 Å². The molecular formula is C22H25N3O2S. The van der Waals surface area contributed by atoms with Crippen molar-refractivity contribution < 1.29 is 4.74 Å². The van der Waals surface area contributed by atoms with Gasteiger partial charge in [0.2, 0.25) is 0 Å². The molecular weight excluding hydrogens is 370 g/mol. The van der Waals surface area contributed by atoms with Crippen molar-refractivity contribution in [3.05, 3.63) is 62.5 Å². The molecule has 0 amide bonds. The molecule has 0 bridgehead atoms. The molecule has 1 aromatic carbocycles. The molecule has 2 aliphatic carbocycles. The normalized spacial score (nSPS) is 19.1. The quantitative estimate of drug-likeness (QED) is 0.675. The summed E-state index contributed by atoms with van der Waals surface area (Å²) in [5.41, 5.74) is 4.10. The number of nitrogens with zero attached hydrogens (tertiary/aromatic N) is 2. The van der Waals surface area contributed by atoms with Crippen LogP contribution in [0.25, 0.3) is 10.2 Å². The fraction of sp³-hybridized carbons (Fsp3) is 0.455. The van der Waals surface area contributed by atoms with E-state index in [1.165, 1.54) is 21.6 Å². The Bertz CT molecular complexity index is 1050. The van der Waals surface area contributed by atoms with E-state index in [4.69, 9.17) is 9.72 Å². The van der Waals surface area contributed by atoms with Crippen molar-refractivity contribution >= 4 is 21.6 Å². The van der Waals surface area contributed by atoms with Gasteiger partial charge in [-0.2, -0.15) is 0 Å². The summed E-state index contributed by atoms with van der Waals surface area (Å²) in [7, 11) is 1.73. The fourth-order valence-electron chi connectivity index (χ4n) is 4.71. The van der Waals surface area contributed by atoms with Crippen LogP contribution in [0, 0.1) is 0 Å². The van der Waals surface area contributed by atoms with E-state index in [2.05, 4.69) is 29.6 Å². The van der Waals surface area contributed by atoms with Gasteiger partial charge in [0.1, 0.15) is 4.83 Å². The summed E-state index contributed by atoms with van der Waals surface area (Å²) in [5.74, 6) is 0.